The van der Waals surface area contributed by atoms with Crippen molar-refractivity contribution in [2.45, 2.75) is 53.7 Å². The number of halogens is 21. The van der Waals surface area contributed by atoms with Crippen LogP contribution in [0.25, 0.3) is 0 Å². The normalized spacial score (nSPS) is 17.3. The van der Waals surface area contributed by atoms with Gasteiger partial charge < -0.3 is 5.11 Å². The molecule has 0 spiro atoms. The van der Waals surface area contributed by atoms with E-state index < -0.39 is 65.4 Å². The van der Waals surface area contributed by atoms with E-state index in [1.165, 1.54) is 0 Å². The van der Waals surface area contributed by atoms with Gasteiger partial charge in [0.15, 0.2) is 0 Å². The first kappa shape index (κ1) is 31.2. The molecule has 0 aliphatic rings. The van der Waals surface area contributed by atoms with Crippen molar-refractivity contribution in [3.05, 3.63) is 11.7 Å². The van der Waals surface area contributed by atoms with Crippen LogP contribution in [0.2, 0.25) is 0 Å². The van der Waals surface area contributed by atoms with E-state index in [-0.39, 0.29) is 0 Å². The molecule has 22 heteroatoms. The Morgan fingerprint density at radius 1 is 0.364 bits per heavy atom. The summed E-state index contributed by atoms with van der Waals surface area (Å²) in [5.74, 6) is -71.4. The SMILES string of the molecule is OC(F)(F)C(F)=C(F)C(F)(F)C(F)(F)C(F)(F)C(F)(F)C(F)(F)C(F)(F)C(F)(F)C(F)(F)F. The van der Waals surface area contributed by atoms with E-state index in [2.05, 4.69) is 0 Å². The summed E-state index contributed by atoms with van der Waals surface area (Å²) in [6.07, 6.45) is -14.6. The van der Waals surface area contributed by atoms with Crippen molar-refractivity contribution in [1.82, 2.24) is 0 Å². The van der Waals surface area contributed by atoms with Crippen LogP contribution in [0.1, 0.15) is 0 Å². The first-order valence-electron chi connectivity index (χ1n) is 6.69. The minimum atomic E-state index is -9.09. The zero-order valence-corrected chi connectivity index (χ0v) is 13.9. The second-order valence-electron chi connectivity index (χ2n) is 5.69. The third-order valence-corrected chi connectivity index (χ3v) is 3.45. The van der Waals surface area contributed by atoms with Crippen LogP contribution in [0, 0.1) is 0 Å². The van der Waals surface area contributed by atoms with Crippen molar-refractivity contribution in [3.8, 4) is 0 Å². The second-order valence-corrected chi connectivity index (χ2v) is 5.69. The summed E-state index contributed by atoms with van der Waals surface area (Å²) in [6, 6.07) is 0. The minimum absolute atomic E-state index is 4.83. The third kappa shape index (κ3) is 4.04. The fraction of sp³-hybridized carbons (Fsp3) is 0.818. The van der Waals surface area contributed by atoms with Crippen LogP contribution in [0.15, 0.2) is 11.7 Å². The molecule has 198 valence electrons. The van der Waals surface area contributed by atoms with Gasteiger partial charge in [-0.3, -0.25) is 0 Å². The summed E-state index contributed by atoms with van der Waals surface area (Å²) < 4.78 is 267. The lowest BCUT2D eigenvalue weighted by Crippen LogP contribution is -2.74. The Bertz CT molecular complexity index is 764. The molecular formula is C11HF21O. The minimum Gasteiger partial charge on any atom is -0.330 e. The van der Waals surface area contributed by atoms with E-state index >= 15 is 0 Å². The monoisotopic (exact) mass is 548 g/mol. The molecule has 0 rings (SSSR count). The van der Waals surface area contributed by atoms with Crippen LogP contribution in [0.3, 0.4) is 0 Å². The van der Waals surface area contributed by atoms with Gasteiger partial charge in [0.1, 0.15) is 0 Å². The maximum Gasteiger partial charge on any atom is 0.460 e. The number of hydrogen-bond acceptors (Lipinski definition) is 1. The molecule has 33 heavy (non-hydrogen) atoms. The number of rotatable bonds is 8. The van der Waals surface area contributed by atoms with Crippen LogP contribution in [0.4, 0.5) is 92.2 Å². The van der Waals surface area contributed by atoms with Crippen LogP contribution < -0.4 is 0 Å². The number of aliphatic hydroxyl groups is 1. The zero-order chi connectivity index (χ0) is 27.7. The Morgan fingerprint density at radius 3 is 0.848 bits per heavy atom. The smallest absolute Gasteiger partial charge is 0.330 e. The van der Waals surface area contributed by atoms with E-state index in [0.717, 1.165) is 0 Å². The van der Waals surface area contributed by atoms with Gasteiger partial charge in [0, 0.05) is 0 Å². The van der Waals surface area contributed by atoms with Crippen molar-refractivity contribution in [2.24, 2.45) is 0 Å². The second kappa shape index (κ2) is 7.62. The molecule has 0 fully saturated rings. The standard InChI is InChI=1S/C11HF21O/c12-1(2(13)4(16,17)33)3(14,15)5(18,19)6(20,21)7(22,23)8(24,25)9(26,27)10(28,29)11(30,31)32/h33H. The summed E-state index contributed by atoms with van der Waals surface area (Å²) in [5, 5.41) is 7.52. The lowest BCUT2D eigenvalue weighted by molar-refractivity contribution is -0.460. The Morgan fingerprint density at radius 2 is 0.606 bits per heavy atom. The van der Waals surface area contributed by atoms with Crippen molar-refractivity contribution in [3.63, 3.8) is 0 Å². The molecule has 0 aliphatic carbocycles. The van der Waals surface area contributed by atoms with Gasteiger partial charge in [0.05, 0.1) is 0 Å². The Hall–Kier alpha value is -1.77. The molecule has 0 amide bonds. The molecular weight excluding hydrogens is 547 g/mol. The fourth-order valence-corrected chi connectivity index (χ4v) is 1.57. The summed E-state index contributed by atoms with van der Waals surface area (Å²) >= 11 is 0. The highest BCUT2D eigenvalue weighted by molar-refractivity contribution is 5.23. The Balaban J connectivity index is 7.03. The quantitative estimate of drug-likeness (QED) is 0.334. The molecule has 0 aromatic heterocycles. The zero-order valence-electron chi connectivity index (χ0n) is 13.9. The van der Waals surface area contributed by atoms with E-state index in [1.807, 2.05) is 0 Å². The van der Waals surface area contributed by atoms with Gasteiger partial charge in [-0.1, -0.05) is 0 Å². The van der Waals surface area contributed by atoms with E-state index in [0.29, 0.717) is 0 Å². The van der Waals surface area contributed by atoms with Crippen LogP contribution in [-0.2, 0) is 0 Å². The highest BCUT2D eigenvalue weighted by Crippen LogP contribution is 2.64. The molecule has 1 N–H and O–H groups in total. The topological polar surface area (TPSA) is 20.2 Å². The molecule has 0 unspecified atom stereocenters. The molecule has 1 nitrogen and oxygen atoms in total. The molecule has 0 aliphatic heterocycles. The van der Waals surface area contributed by atoms with Gasteiger partial charge in [-0.15, -0.1) is 0 Å². The maximum absolute atomic E-state index is 13.2. The van der Waals surface area contributed by atoms with E-state index in [1.54, 1.807) is 0 Å². The highest BCUT2D eigenvalue weighted by Gasteiger charge is 2.95. The Labute approximate surface area is 164 Å². The summed E-state index contributed by atoms with van der Waals surface area (Å²) in [7, 11) is 0. The van der Waals surface area contributed by atoms with Crippen molar-refractivity contribution in [1.29, 1.82) is 0 Å². The third-order valence-electron chi connectivity index (χ3n) is 3.45. The predicted octanol–water partition coefficient (Wildman–Crippen LogP) is 6.73. The maximum atomic E-state index is 13.2. The largest absolute Gasteiger partial charge is 0.460 e. The van der Waals surface area contributed by atoms with E-state index in [9.17, 15) is 92.2 Å². The molecule has 0 saturated carbocycles. The average molecular weight is 548 g/mol. The first-order chi connectivity index (χ1) is 13.8. The predicted molar refractivity (Wildman–Crippen MR) is 57.1 cm³/mol. The number of alkyl halides is 19. The highest BCUT2D eigenvalue weighted by atomic mass is 19.4. The average Bonchev–Trinajstić information content (AvgIpc) is 2.57. The summed E-state index contributed by atoms with van der Waals surface area (Å²) in [6.45, 7) is 0. The molecule has 0 atom stereocenters. The molecule has 0 aromatic rings. The van der Waals surface area contributed by atoms with Crippen molar-refractivity contribution < 1.29 is 97.3 Å². The van der Waals surface area contributed by atoms with Crippen molar-refractivity contribution in [2.75, 3.05) is 0 Å². The number of allylic oxidation sites excluding steroid dienone is 1. The summed E-state index contributed by atoms with van der Waals surface area (Å²) in [5.41, 5.74) is 0. The lowest BCUT2D eigenvalue weighted by Gasteiger charge is -2.42. The van der Waals surface area contributed by atoms with Gasteiger partial charge in [-0.25, -0.2) is 4.39 Å². The molecule has 0 bridgehead atoms. The first-order valence-corrected chi connectivity index (χ1v) is 6.69. The van der Waals surface area contributed by atoms with Crippen LogP contribution in [0.5, 0.6) is 0 Å². The molecule has 0 heterocycles. The van der Waals surface area contributed by atoms with E-state index in [4.69, 9.17) is 5.11 Å². The Kier molecular flexibility index (Phi) is 7.21. The fourth-order valence-electron chi connectivity index (χ4n) is 1.57. The van der Waals surface area contributed by atoms with Gasteiger partial charge in [0.25, 0.3) is 0 Å². The molecule has 0 radical (unpaired) electrons. The molecule has 0 saturated heterocycles. The summed E-state index contributed by atoms with van der Waals surface area (Å²) in [4.78, 5) is 0. The van der Waals surface area contributed by atoms with Gasteiger partial charge in [0.2, 0.25) is 11.7 Å². The van der Waals surface area contributed by atoms with Crippen LogP contribution in [-0.4, -0.2) is 58.8 Å². The number of hydrogen-bond donors (Lipinski definition) is 1. The molecule has 0 aromatic carbocycles. The van der Waals surface area contributed by atoms with Gasteiger partial charge in [-0.2, -0.15) is 87.8 Å². The van der Waals surface area contributed by atoms with Gasteiger partial charge >= 0.3 is 53.7 Å². The van der Waals surface area contributed by atoms with Crippen molar-refractivity contribution >= 4 is 0 Å². The lowest BCUT2D eigenvalue weighted by atomic mass is 9.88. The van der Waals surface area contributed by atoms with Crippen LogP contribution >= 0.6 is 0 Å². The van der Waals surface area contributed by atoms with Gasteiger partial charge in [-0.05, 0) is 0 Å².